The van der Waals surface area contributed by atoms with E-state index >= 15 is 0 Å². The Morgan fingerprint density at radius 2 is 1.84 bits per heavy atom. The van der Waals surface area contributed by atoms with E-state index in [9.17, 15) is 22.8 Å². The molecule has 0 aliphatic heterocycles. The molecule has 0 unspecified atom stereocenters. The minimum atomic E-state index is -4.60. The van der Waals surface area contributed by atoms with Gasteiger partial charge in [-0.15, -0.1) is 0 Å². The SMILES string of the molecule is C=C1CC(C)(C)Cc2c1c(C(F)(F)F)nn2-c1ccc(C(N)=O)c(N)c1.NCC(=O)OC1CCCCC1. The number of carbonyl (C=O) groups is 2. The number of ether oxygens (including phenoxy) is 1. The van der Waals surface area contributed by atoms with E-state index in [-0.39, 0.29) is 40.8 Å². The van der Waals surface area contributed by atoms with Gasteiger partial charge in [-0.05, 0) is 67.7 Å². The normalized spacial score (nSPS) is 17.4. The number of hydrogen-bond donors (Lipinski definition) is 3. The number of allylic oxidation sites excluding steroid dienone is 1. The minimum absolute atomic E-state index is 0.0104. The van der Waals surface area contributed by atoms with Gasteiger partial charge in [0.2, 0.25) is 0 Å². The molecule has 8 nitrogen and oxygen atoms in total. The van der Waals surface area contributed by atoms with E-state index in [2.05, 4.69) is 11.7 Å². The maximum atomic E-state index is 13.5. The molecular formula is C26H34F3N5O3. The molecule has 1 amide bonds. The van der Waals surface area contributed by atoms with Crippen LogP contribution in [0.3, 0.4) is 0 Å². The Kier molecular flexibility index (Phi) is 8.36. The summed E-state index contributed by atoms with van der Waals surface area (Å²) in [5.41, 5.74) is 16.4. The van der Waals surface area contributed by atoms with Crippen molar-refractivity contribution in [2.24, 2.45) is 16.9 Å². The van der Waals surface area contributed by atoms with Gasteiger partial charge in [-0.3, -0.25) is 9.59 Å². The van der Waals surface area contributed by atoms with Gasteiger partial charge in [0.25, 0.3) is 5.91 Å². The summed E-state index contributed by atoms with van der Waals surface area (Å²) in [6.45, 7) is 7.80. The van der Waals surface area contributed by atoms with Crippen molar-refractivity contribution in [1.82, 2.24) is 9.78 Å². The van der Waals surface area contributed by atoms with E-state index < -0.39 is 17.8 Å². The van der Waals surface area contributed by atoms with Gasteiger partial charge in [-0.25, -0.2) is 4.68 Å². The van der Waals surface area contributed by atoms with Crippen molar-refractivity contribution < 1.29 is 27.5 Å². The number of benzene rings is 1. The Balaban J connectivity index is 0.000000289. The molecule has 1 saturated carbocycles. The Bertz CT molecular complexity index is 1180. The lowest BCUT2D eigenvalue weighted by atomic mass is 9.74. The number of primary amides is 1. The number of alkyl halides is 3. The van der Waals surface area contributed by atoms with Gasteiger partial charge in [-0.2, -0.15) is 18.3 Å². The van der Waals surface area contributed by atoms with Crippen molar-refractivity contribution in [3.8, 4) is 5.69 Å². The molecule has 37 heavy (non-hydrogen) atoms. The number of esters is 1. The van der Waals surface area contributed by atoms with Gasteiger partial charge in [0.05, 0.1) is 23.5 Å². The number of nitrogen functional groups attached to an aromatic ring is 1. The van der Waals surface area contributed by atoms with Gasteiger partial charge in [0.15, 0.2) is 5.69 Å². The summed E-state index contributed by atoms with van der Waals surface area (Å²) in [4.78, 5) is 22.1. The zero-order valence-corrected chi connectivity index (χ0v) is 21.2. The van der Waals surface area contributed by atoms with E-state index in [1.165, 1.54) is 42.1 Å². The van der Waals surface area contributed by atoms with Crippen LogP contribution in [0, 0.1) is 5.41 Å². The quantitative estimate of drug-likeness (QED) is 0.403. The lowest BCUT2D eigenvalue weighted by molar-refractivity contribution is -0.148. The zero-order valence-electron chi connectivity index (χ0n) is 21.2. The van der Waals surface area contributed by atoms with Crippen LogP contribution in [-0.2, 0) is 22.1 Å². The number of rotatable bonds is 4. The molecule has 0 spiro atoms. The van der Waals surface area contributed by atoms with Gasteiger partial charge in [0, 0.05) is 11.3 Å². The Hall–Kier alpha value is -3.34. The lowest BCUT2D eigenvalue weighted by Gasteiger charge is -2.31. The van der Waals surface area contributed by atoms with Gasteiger partial charge in [-0.1, -0.05) is 26.8 Å². The van der Waals surface area contributed by atoms with Gasteiger partial charge < -0.3 is 21.9 Å². The molecular weight excluding hydrogens is 487 g/mol. The van der Waals surface area contributed by atoms with Crippen LogP contribution >= 0.6 is 0 Å². The van der Waals surface area contributed by atoms with Crippen LogP contribution < -0.4 is 17.2 Å². The van der Waals surface area contributed by atoms with Crippen LogP contribution in [0.5, 0.6) is 0 Å². The van der Waals surface area contributed by atoms with Crippen LogP contribution in [0.15, 0.2) is 24.8 Å². The molecule has 11 heteroatoms. The largest absolute Gasteiger partial charge is 0.461 e. The summed E-state index contributed by atoms with van der Waals surface area (Å²) in [6, 6.07) is 4.27. The fraction of sp³-hybridized carbons (Fsp3) is 0.500. The van der Waals surface area contributed by atoms with E-state index in [1.807, 2.05) is 13.8 Å². The van der Waals surface area contributed by atoms with Crippen LogP contribution in [0.4, 0.5) is 18.9 Å². The summed E-state index contributed by atoms with van der Waals surface area (Å²) in [7, 11) is 0. The second-order valence-corrected chi connectivity index (χ2v) is 10.3. The van der Waals surface area contributed by atoms with E-state index in [4.69, 9.17) is 21.9 Å². The summed E-state index contributed by atoms with van der Waals surface area (Å²) in [5, 5.41) is 3.82. The Morgan fingerprint density at radius 3 is 2.38 bits per heavy atom. The van der Waals surface area contributed by atoms with Crippen LogP contribution in [0.25, 0.3) is 11.3 Å². The highest BCUT2D eigenvalue weighted by Gasteiger charge is 2.43. The fourth-order valence-electron chi connectivity index (χ4n) is 4.90. The topological polar surface area (TPSA) is 139 Å². The van der Waals surface area contributed by atoms with Crippen LogP contribution in [0.2, 0.25) is 0 Å². The summed E-state index contributed by atoms with van der Waals surface area (Å²) in [6.07, 6.45) is 2.09. The van der Waals surface area contributed by atoms with Gasteiger partial charge >= 0.3 is 12.1 Å². The monoisotopic (exact) mass is 521 g/mol. The number of halogens is 3. The minimum Gasteiger partial charge on any atom is -0.461 e. The third-order valence-electron chi connectivity index (χ3n) is 6.50. The molecule has 0 saturated heterocycles. The highest BCUT2D eigenvalue weighted by molar-refractivity contribution is 5.98. The van der Waals surface area contributed by atoms with Crippen molar-refractivity contribution in [3.05, 3.63) is 47.3 Å². The first kappa shape index (κ1) is 28.2. The molecule has 1 heterocycles. The standard InChI is InChI=1S/C18H19F3N4O.C8H15NO2/c1-9-7-17(2,3)8-13-14(9)15(18(19,20)21)24-25(13)10-4-5-11(16(23)26)12(22)6-10;9-6-8(10)11-7-4-2-1-3-5-7/h4-6H,1,7-8,22H2,2-3H3,(H2,23,26);7H,1-6,9H2. The Morgan fingerprint density at radius 1 is 1.19 bits per heavy atom. The third-order valence-corrected chi connectivity index (χ3v) is 6.50. The van der Waals surface area contributed by atoms with Crippen molar-refractivity contribution >= 4 is 23.1 Å². The Labute approximate surface area is 214 Å². The highest BCUT2D eigenvalue weighted by Crippen LogP contribution is 2.46. The van der Waals surface area contributed by atoms with E-state index in [0.717, 1.165) is 12.8 Å². The molecule has 0 atom stereocenters. The number of amides is 1. The number of hydrogen-bond acceptors (Lipinski definition) is 6. The van der Waals surface area contributed by atoms with Gasteiger partial charge in [0.1, 0.15) is 6.10 Å². The van der Waals surface area contributed by atoms with Crippen molar-refractivity contribution in [1.29, 1.82) is 0 Å². The molecule has 2 aliphatic carbocycles. The molecule has 1 aromatic carbocycles. The third kappa shape index (κ3) is 6.71. The number of nitrogens with two attached hydrogens (primary N) is 3. The average Bonchev–Trinajstić information content (AvgIpc) is 3.19. The molecule has 202 valence electrons. The molecule has 2 aromatic rings. The maximum absolute atomic E-state index is 13.5. The van der Waals surface area contributed by atoms with E-state index in [1.54, 1.807) is 0 Å². The summed E-state index contributed by atoms with van der Waals surface area (Å²) in [5.74, 6) is -0.973. The predicted molar refractivity (Wildman–Crippen MR) is 135 cm³/mol. The first-order valence-corrected chi connectivity index (χ1v) is 12.2. The predicted octanol–water partition coefficient (Wildman–Crippen LogP) is 4.38. The number of fused-ring (bicyclic) bond motifs is 1. The first-order valence-electron chi connectivity index (χ1n) is 12.2. The number of aromatic nitrogens is 2. The summed E-state index contributed by atoms with van der Waals surface area (Å²) >= 11 is 0. The average molecular weight is 522 g/mol. The highest BCUT2D eigenvalue weighted by atomic mass is 19.4. The molecule has 1 fully saturated rings. The van der Waals surface area contributed by atoms with Crippen LogP contribution in [0.1, 0.15) is 79.7 Å². The maximum Gasteiger partial charge on any atom is 0.435 e. The molecule has 0 radical (unpaired) electrons. The number of nitrogens with zero attached hydrogens (tertiary/aromatic N) is 2. The second-order valence-electron chi connectivity index (χ2n) is 10.3. The molecule has 4 rings (SSSR count). The molecule has 1 aromatic heterocycles. The first-order chi connectivity index (χ1) is 17.2. The van der Waals surface area contributed by atoms with Crippen molar-refractivity contribution in [2.45, 2.75) is 71.1 Å². The van der Waals surface area contributed by atoms with Crippen molar-refractivity contribution in [3.63, 3.8) is 0 Å². The van der Waals surface area contributed by atoms with Crippen LogP contribution in [-0.4, -0.2) is 34.3 Å². The number of carbonyl (C=O) groups excluding carboxylic acids is 2. The fourth-order valence-corrected chi connectivity index (χ4v) is 4.90. The lowest BCUT2D eigenvalue weighted by Crippen LogP contribution is -2.25. The molecule has 0 bridgehead atoms. The zero-order chi connectivity index (χ0) is 27.5. The molecule has 2 aliphatic rings. The van der Waals surface area contributed by atoms with E-state index in [0.29, 0.717) is 29.8 Å². The van der Waals surface area contributed by atoms with Crippen molar-refractivity contribution in [2.75, 3.05) is 12.3 Å². The second kappa shape index (κ2) is 11.0. The molecule has 6 N–H and O–H groups in total. The smallest absolute Gasteiger partial charge is 0.435 e. The summed E-state index contributed by atoms with van der Waals surface area (Å²) < 4.78 is 46.9. The number of anilines is 1.